The molecular formula is C16H15NO3S2. The van der Waals surface area contributed by atoms with Crippen molar-refractivity contribution < 1.29 is 14.6 Å². The maximum Gasteiger partial charge on any atom is 0.200 e. The minimum Gasteiger partial charge on any atom is -0.502 e. The van der Waals surface area contributed by atoms with Gasteiger partial charge in [-0.05, 0) is 42.0 Å². The van der Waals surface area contributed by atoms with Crippen LogP contribution >= 0.6 is 23.6 Å². The average Bonchev–Trinajstić information content (AvgIpc) is 2.84. The summed E-state index contributed by atoms with van der Waals surface area (Å²) in [5.41, 5.74) is 2.05. The van der Waals surface area contributed by atoms with Gasteiger partial charge in [0.25, 0.3) is 0 Å². The summed E-state index contributed by atoms with van der Waals surface area (Å²) in [5, 5.41) is 9.99. The van der Waals surface area contributed by atoms with Gasteiger partial charge in [-0.25, -0.2) is 0 Å². The Morgan fingerprint density at radius 3 is 2.41 bits per heavy atom. The number of thiazole rings is 1. The standard InChI is InChI=1S/C16H15NO3S2/c1-19-12-7-10(8-13(20-2)15(12)18)9-17-11-5-3-4-6-14(11)22-16(17)21/h3-8,18H,9H2,1-2H3. The van der Waals surface area contributed by atoms with Crippen LogP contribution in [-0.2, 0) is 6.54 Å². The molecule has 0 radical (unpaired) electrons. The molecule has 22 heavy (non-hydrogen) atoms. The lowest BCUT2D eigenvalue weighted by atomic mass is 10.1. The van der Waals surface area contributed by atoms with Crippen molar-refractivity contribution >= 4 is 33.8 Å². The quantitative estimate of drug-likeness (QED) is 0.727. The Morgan fingerprint density at radius 1 is 1.14 bits per heavy atom. The van der Waals surface area contributed by atoms with Crippen molar-refractivity contribution in [1.29, 1.82) is 0 Å². The zero-order valence-electron chi connectivity index (χ0n) is 12.2. The Morgan fingerprint density at radius 2 is 1.77 bits per heavy atom. The maximum atomic E-state index is 9.99. The molecule has 4 nitrogen and oxygen atoms in total. The van der Waals surface area contributed by atoms with Crippen LogP contribution in [0.1, 0.15) is 5.56 Å². The fraction of sp³-hybridized carbons (Fsp3) is 0.188. The number of benzene rings is 2. The summed E-state index contributed by atoms with van der Waals surface area (Å²) in [6.07, 6.45) is 0. The molecular weight excluding hydrogens is 318 g/mol. The topological polar surface area (TPSA) is 43.6 Å². The summed E-state index contributed by atoms with van der Waals surface area (Å²) in [7, 11) is 3.04. The molecule has 1 aromatic heterocycles. The Balaban J connectivity index is 2.09. The molecule has 0 unspecified atom stereocenters. The van der Waals surface area contributed by atoms with Gasteiger partial charge in [-0.2, -0.15) is 0 Å². The molecule has 3 aromatic rings. The van der Waals surface area contributed by atoms with Gasteiger partial charge in [-0.3, -0.25) is 0 Å². The molecule has 0 aliphatic carbocycles. The Labute approximate surface area is 137 Å². The molecule has 1 heterocycles. The van der Waals surface area contributed by atoms with Gasteiger partial charge < -0.3 is 19.1 Å². The molecule has 3 rings (SSSR count). The molecule has 0 atom stereocenters. The molecule has 0 saturated carbocycles. The third-order valence-corrected chi connectivity index (χ3v) is 4.88. The van der Waals surface area contributed by atoms with Gasteiger partial charge in [-0.15, -0.1) is 11.3 Å². The van der Waals surface area contributed by atoms with Crippen LogP contribution in [0.3, 0.4) is 0 Å². The lowest BCUT2D eigenvalue weighted by Gasteiger charge is -2.12. The van der Waals surface area contributed by atoms with Crippen molar-refractivity contribution in [1.82, 2.24) is 4.57 Å². The van der Waals surface area contributed by atoms with Crippen LogP contribution < -0.4 is 9.47 Å². The predicted octanol–water partition coefficient (Wildman–Crippen LogP) is 4.20. The summed E-state index contributed by atoms with van der Waals surface area (Å²) < 4.78 is 14.4. The smallest absolute Gasteiger partial charge is 0.200 e. The minimum absolute atomic E-state index is 0.00697. The predicted molar refractivity (Wildman–Crippen MR) is 91.0 cm³/mol. The van der Waals surface area contributed by atoms with E-state index in [9.17, 15) is 5.11 Å². The van der Waals surface area contributed by atoms with Crippen LogP contribution in [0, 0.1) is 3.95 Å². The van der Waals surface area contributed by atoms with E-state index in [1.54, 1.807) is 23.5 Å². The molecule has 1 N–H and O–H groups in total. The number of phenolic OH excluding ortho intramolecular Hbond substituents is 1. The fourth-order valence-electron chi connectivity index (χ4n) is 2.39. The van der Waals surface area contributed by atoms with E-state index >= 15 is 0 Å². The van der Waals surface area contributed by atoms with Crippen molar-refractivity contribution in [2.75, 3.05) is 14.2 Å². The maximum absolute atomic E-state index is 9.99. The lowest BCUT2D eigenvalue weighted by Crippen LogP contribution is -2.00. The molecule has 0 bridgehead atoms. The van der Waals surface area contributed by atoms with Crippen LogP contribution in [0.15, 0.2) is 36.4 Å². The van der Waals surface area contributed by atoms with E-state index in [2.05, 4.69) is 16.7 Å². The van der Waals surface area contributed by atoms with Crippen molar-refractivity contribution in [2.24, 2.45) is 0 Å². The van der Waals surface area contributed by atoms with Crippen LogP contribution in [0.5, 0.6) is 17.2 Å². The number of hydrogen-bond acceptors (Lipinski definition) is 5. The summed E-state index contributed by atoms with van der Waals surface area (Å²) in [5.74, 6) is 0.785. The van der Waals surface area contributed by atoms with Gasteiger partial charge in [0, 0.05) is 0 Å². The molecule has 114 valence electrons. The fourth-order valence-corrected chi connectivity index (χ4v) is 3.71. The molecule has 0 saturated heterocycles. The number of fused-ring (bicyclic) bond motifs is 1. The molecule has 0 aliphatic heterocycles. The van der Waals surface area contributed by atoms with Gasteiger partial charge in [0.05, 0.1) is 31.0 Å². The second kappa shape index (κ2) is 5.98. The van der Waals surface area contributed by atoms with E-state index in [0.29, 0.717) is 18.0 Å². The molecule has 6 heteroatoms. The number of ether oxygens (including phenoxy) is 2. The highest BCUT2D eigenvalue weighted by Gasteiger charge is 2.13. The second-order valence-corrected chi connectivity index (χ2v) is 6.45. The van der Waals surface area contributed by atoms with Crippen LogP contribution in [-0.4, -0.2) is 23.9 Å². The molecule has 0 aliphatic rings. The number of nitrogens with zero attached hydrogens (tertiary/aromatic N) is 1. The van der Waals surface area contributed by atoms with Gasteiger partial charge in [0.1, 0.15) is 0 Å². The number of aromatic nitrogens is 1. The second-order valence-electron chi connectivity index (χ2n) is 4.77. The highest BCUT2D eigenvalue weighted by atomic mass is 32.1. The van der Waals surface area contributed by atoms with E-state index in [4.69, 9.17) is 21.7 Å². The van der Waals surface area contributed by atoms with Gasteiger partial charge in [0.15, 0.2) is 15.5 Å². The van der Waals surface area contributed by atoms with Gasteiger partial charge >= 0.3 is 0 Å². The van der Waals surface area contributed by atoms with E-state index < -0.39 is 0 Å². The highest BCUT2D eigenvalue weighted by Crippen LogP contribution is 2.37. The van der Waals surface area contributed by atoms with Crippen molar-refractivity contribution in [3.8, 4) is 17.2 Å². The van der Waals surface area contributed by atoms with Crippen LogP contribution in [0.2, 0.25) is 0 Å². The largest absolute Gasteiger partial charge is 0.502 e. The first-order valence-electron chi connectivity index (χ1n) is 6.66. The summed E-state index contributed by atoms with van der Waals surface area (Å²) in [6, 6.07) is 11.7. The Kier molecular flexibility index (Phi) is 4.04. The summed E-state index contributed by atoms with van der Waals surface area (Å²) in [4.78, 5) is 0. The number of para-hydroxylation sites is 1. The van der Waals surface area contributed by atoms with E-state index in [-0.39, 0.29) is 5.75 Å². The van der Waals surface area contributed by atoms with Gasteiger partial charge in [0.2, 0.25) is 5.75 Å². The summed E-state index contributed by atoms with van der Waals surface area (Å²) in [6.45, 7) is 0.593. The van der Waals surface area contributed by atoms with Crippen molar-refractivity contribution in [2.45, 2.75) is 6.54 Å². The van der Waals surface area contributed by atoms with E-state index in [0.717, 1.165) is 19.7 Å². The van der Waals surface area contributed by atoms with Gasteiger partial charge in [-0.1, -0.05) is 12.1 Å². The Bertz CT molecular complexity index is 857. The zero-order chi connectivity index (χ0) is 15.7. The Hall–Kier alpha value is -2.05. The first-order chi connectivity index (χ1) is 10.6. The number of aromatic hydroxyl groups is 1. The average molecular weight is 333 g/mol. The van der Waals surface area contributed by atoms with E-state index in [1.165, 1.54) is 14.2 Å². The third kappa shape index (κ3) is 2.55. The highest BCUT2D eigenvalue weighted by molar-refractivity contribution is 7.73. The molecule has 0 amide bonds. The zero-order valence-corrected chi connectivity index (χ0v) is 13.8. The van der Waals surface area contributed by atoms with Crippen molar-refractivity contribution in [3.63, 3.8) is 0 Å². The number of methoxy groups -OCH3 is 2. The van der Waals surface area contributed by atoms with Crippen LogP contribution in [0.4, 0.5) is 0 Å². The lowest BCUT2D eigenvalue weighted by molar-refractivity contribution is 0.339. The van der Waals surface area contributed by atoms with E-state index in [1.807, 2.05) is 12.1 Å². The minimum atomic E-state index is 0.00697. The molecule has 0 spiro atoms. The molecule has 0 fully saturated rings. The normalized spacial score (nSPS) is 10.8. The summed E-state index contributed by atoms with van der Waals surface area (Å²) >= 11 is 7.06. The first-order valence-corrected chi connectivity index (χ1v) is 7.88. The monoisotopic (exact) mass is 333 g/mol. The SMILES string of the molecule is COc1cc(Cn2c(=S)sc3ccccc32)cc(OC)c1O. The molecule has 2 aromatic carbocycles. The number of hydrogen-bond donors (Lipinski definition) is 1. The third-order valence-electron chi connectivity index (χ3n) is 3.45. The first kappa shape index (κ1) is 14.9. The number of rotatable bonds is 4. The van der Waals surface area contributed by atoms with Crippen molar-refractivity contribution in [3.05, 3.63) is 45.9 Å². The van der Waals surface area contributed by atoms with Crippen LogP contribution in [0.25, 0.3) is 10.2 Å². The number of phenols is 1.